The van der Waals surface area contributed by atoms with Gasteiger partial charge >= 0.3 is 0 Å². The molecule has 0 spiro atoms. The highest BCUT2D eigenvalue weighted by molar-refractivity contribution is 7.99. The number of hydrogen-bond acceptors (Lipinski definition) is 4. The molecule has 2 aromatic rings. The van der Waals surface area contributed by atoms with Crippen LogP contribution in [0.5, 0.6) is 0 Å². The number of anilines is 1. The van der Waals surface area contributed by atoms with E-state index >= 15 is 0 Å². The van der Waals surface area contributed by atoms with Crippen LogP contribution in [0.3, 0.4) is 0 Å². The van der Waals surface area contributed by atoms with E-state index < -0.39 is 11.6 Å². The van der Waals surface area contributed by atoms with Gasteiger partial charge in [-0.25, -0.2) is 13.8 Å². The van der Waals surface area contributed by atoms with E-state index in [0.29, 0.717) is 18.3 Å². The van der Waals surface area contributed by atoms with Crippen LogP contribution in [0.2, 0.25) is 0 Å². The number of hydrogen-bond donors (Lipinski definition) is 1. The number of halogens is 2. The highest BCUT2D eigenvalue weighted by atomic mass is 32.2. The molecule has 112 valence electrons. The van der Waals surface area contributed by atoms with Gasteiger partial charge in [0.2, 0.25) is 0 Å². The minimum Gasteiger partial charge on any atom is -0.399 e. The highest BCUT2D eigenvalue weighted by Crippen LogP contribution is 2.30. The molecule has 0 saturated heterocycles. The van der Waals surface area contributed by atoms with Crippen LogP contribution in [0.15, 0.2) is 39.2 Å². The van der Waals surface area contributed by atoms with Crippen molar-refractivity contribution in [3.8, 4) is 0 Å². The lowest BCUT2D eigenvalue weighted by Crippen LogP contribution is -2.24. The Kier molecular flexibility index (Phi) is 4.62. The molecule has 0 radical (unpaired) electrons. The normalized spacial score (nSPS) is 11.1. The lowest BCUT2D eigenvalue weighted by Gasteiger charge is -2.10. The molecule has 0 atom stereocenters. The SMILES string of the molecule is CC(C)Cn1ccnc(Sc2c(F)cc(N)cc2F)c1=O. The average molecular weight is 311 g/mol. The fourth-order valence-electron chi connectivity index (χ4n) is 1.81. The van der Waals surface area contributed by atoms with Crippen molar-refractivity contribution in [2.24, 2.45) is 5.92 Å². The van der Waals surface area contributed by atoms with E-state index in [9.17, 15) is 13.6 Å². The number of aromatic nitrogens is 2. The number of nitrogens with two attached hydrogens (primary N) is 1. The highest BCUT2D eigenvalue weighted by Gasteiger charge is 2.15. The van der Waals surface area contributed by atoms with Gasteiger partial charge in [0.25, 0.3) is 5.56 Å². The van der Waals surface area contributed by atoms with E-state index in [0.717, 1.165) is 12.1 Å². The van der Waals surface area contributed by atoms with Crippen molar-refractivity contribution < 1.29 is 8.78 Å². The van der Waals surface area contributed by atoms with Gasteiger partial charge in [0.1, 0.15) is 11.6 Å². The predicted octanol–water partition coefficient (Wildman–Crippen LogP) is 2.91. The molecule has 1 heterocycles. The zero-order valence-electron chi connectivity index (χ0n) is 11.6. The summed E-state index contributed by atoms with van der Waals surface area (Å²) in [4.78, 5) is 15.8. The Balaban J connectivity index is 2.39. The van der Waals surface area contributed by atoms with E-state index in [1.165, 1.54) is 10.8 Å². The van der Waals surface area contributed by atoms with E-state index in [-0.39, 0.29) is 27.1 Å². The lowest BCUT2D eigenvalue weighted by atomic mass is 10.2. The molecule has 0 bridgehead atoms. The van der Waals surface area contributed by atoms with Crippen LogP contribution < -0.4 is 11.3 Å². The monoisotopic (exact) mass is 311 g/mol. The molecular weight excluding hydrogens is 296 g/mol. The Morgan fingerprint density at radius 3 is 2.52 bits per heavy atom. The second-order valence-corrected chi connectivity index (χ2v) is 6.00. The smallest absolute Gasteiger partial charge is 0.283 e. The van der Waals surface area contributed by atoms with Gasteiger partial charge in [-0.1, -0.05) is 25.6 Å². The van der Waals surface area contributed by atoms with Gasteiger partial charge in [-0.05, 0) is 18.1 Å². The van der Waals surface area contributed by atoms with Crippen LogP contribution in [0.25, 0.3) is 0 Å². The topological polar surface area (TPSA) is 60.9 Å². The summed E-state index contributed by atoms with van der Waals surface area (Å²) >= 11 is 0.667. The molecule has 0 aliphatic rings. The molecule has 0 aliphatic heterocycles. The second kappa shape index (κ2) is 6.26. The minimum absolute atomic E-state index is 0.00686. The van der Waals surface area contributed by atoms with E-state index in [1.807, 2.05) is 13.8 Å². The third-order valence-corrected chi connectivity index (χ3v) is 3.73. The minimum atomic E-state index is -0.807. The van der Waals surface area contributed by atoms with Gasteiger partial charge < -0.3 is 10.3 Å². The van der Waals surface area contributed by atoms with Gasteiger partial charge in [-0.3, -0.25) is 4.79 Å². The molecule has 7 heteroatoms. The van der Waals surface area contributed by atoms with Crippen LogP contribution in [0.4, 0.5) is 14.5 Å². The van der Waals surface area contributed by atoms with Crippen molar-refractivity contribution in [3.05, 3.63) is 46.5 Å². The van der Waals surface area contributed by atoms with Gasteiger partial charge in [-0.15, -0.1) is 0 Å². The Morgan fingerprint density at radius 1 is 1.33 bits per heavy atom. The van der Waals surface area contributed by atoms with Gasteiger partial charge in [0, 0.05) is 24.6 Å². The molecule has 2 rings (SSSR count). The Hall–Kier alpha value is -1.89. The van der Waals surface area contributed by atoms with E-state index in [1.54, 1.807) is 6.20 Å². The molecule has 0 aliphatic carbocycles. The summed E-state index contributed by atoms with van der Waals surface area (Å²) in [6, 6.07) is 2.03. The summed E-state index contributed by atoms with van der Waals surface area (Å²) in [5.41, 5.74) is 4.98. The molecule has 1 aromatic carbocycles. The van der Waals surface area contributed by atoms with Gasteiger partial charge in [0.05, 0.1) is 4.90 Å². The maximum absolute atomic E-state index is 13.8. The molecule has 2 N–H and O–H groups in total. The maximum atomic E-state index is 13.8. The van der Waals surface area contributed by atoms with Crippen LogP contribution in [-0.4, -0.2) is 9.55 Å². The summed E-state index contributed by atoms with van der Waals surface area (Å²) in [6.07, 6.45) is 3.00. The molecule has 4 nitrogen and oxygen atoms in total. The van der Waals surface area contributed by atoms with Crippen molar-refractivity contribution in [3.63, 3.8) is 0 Å². The molecule has 0 unspecified atom stereocenters. The third kappa shape index (κ3) is 3.60. The van der Waals surface area contributed by atoms with Crippen LogP contribution in [-0.2, 0) is 6.54 Å². The number of benzene rings is 1. The Bertz CT molecular complexity index is 693. The largest absolute Gasteiger partial charge is 0.399 e. The zero-order valence-corrected chi connectivity index (χ0v) is 12.5. The number of nitrogens with zero attached hydrogens (tertiary/aromatic N) is 2. The van der Waals surface area contributed by atoms with Gasteiger partial charge in [-0.2, -0.15) is 0 Å². The van der Waals surface area contributed by atoms with E-state index in [4.69, 9.17) is 5.73 Å². The van der Waals surface area contributed by atoms with Crippen LogP contribution in [0.1, 0.15) is 13.8 Å². The first kappa shape index (κ1) is 15.5. The molecule has 1 aromatic heterocycles. The van der Waals surface area contributed by atoms with Gasteiger partial charge in [0.15, 0.2) is 5.03 Å². The quantitative estimate of drug-likeness (QED) is 0.882. The molecule has 0 amide bonds. The fraction of sp³-hybridized carbons (Fsp3) is 0.286. The Morgan fingerprint density at radius 2 is 1.95 bits per heavy atom. The third-order valence-electron chi connectivity index (χ3n) is 2.66. The molecule has 21 heavy (non-hydrogen) atoms. The van der Waals surface area contributed by atoms with Crippen LogP contribution >= 0.6 is 11.8 Å². The summed E-state index contributed by atoms with van der Waals surface area (Å²) in [7, 11) is 0. The molecule has 0 saturated carbocycles. The summed E-state index contributed by atoms with van der Waals surface area (Å²) in [5.74, 6) is -1.34. The number of nitrogen functional groups attached to an aromatic ring is 1. The standard InChI is InChI=1S/C14H15F2N3OS/c1-8(2)7-19-4-3-18-13(14(19)20)21-12-10(15)5-9(17)6-11(12)16/h3-6,8H,7,17H2,1-2H3. The first-order chi connectivity index (χ1) is 9.88. The van der Waals surface area contributed by atoms with Crippen molar-refractivity contribution in [1.29, 1.82) is 0 Å². The van der Waals surface area contributed by atoms with E-state index in [2.05, 4.69) is 4.98 Å². The summed E-state index contributed by atoms with van der Waals surface area (Å²) in [5, 5.41) is 0.0284. The molecule has 0 fully saturated rings. The average Bonchev–Trinajstić information content (AvgIpc) is 2.37. The van der Waals surface area contributed by atoms with Crippen molar-refractivity contribution >= 4 is 17.4 Å². The summed E-state index contributed by atoms with van der Waals surface area (Å²) < 4.78 is 29.0. The molecular formula is C14H15F2N3OS. The van der Waals surface area contributed by atoms with Crippen molar-refractivity contribution in [2.45, 2.75) is 30.3 Å². The number of rotatable bonds is 4. The van der Waals surface area contributed by atoms with Crippen molar-refractivity contribution in [2.75, 3.05) is 5.73 Å². The fourth-order valence-corrected chi connectivity index (χ4v) is 2.63. The van der Waals surface area contributed by atoms with Crippen LogP contribution in [0, 0.1) is 17.6 Å². The first-order valence-electron chi connectivity index (χ1n) is 6.36. The predicted molar refractivity (Wildman–Crippen MR) is 78.2 cm³/mol. The zero-order chi connectivity index (χ0) is 15.6. The summed E-state index contributed by atoms with van der Waals surface area (Å²) in [6.45, 7) is 4.46. The lowest BCUT2D eigenvalue weighted by molar-refractivity contribution is 0.502. The Labute approximate surface area is 125 Å². The van der Waals surface area contributed by atoms with Crippen molar-refractivity contribution in [1.82, 2.24) is 9.55 Å². The first-order valence-corrected chi connectivity index (χ1v) is 7.18. The maximum Gasteiger partial charge on any atom is 0.283 e. The second-order valence-electron chi connectivity index (χ2n) is 5.00.